The van der Waals surface area contributed by atoms with Crippen LogP contribution < -0.4 is 0 Å². The molecule has 8 heteroatoms. The number of aromatic nitrogens is 3. The van der Waals surface area contributed by atoms with E-state index in [1.807, 2.05) is 33.8 Å². The fraction of sp³-hybridized carbons (Fsp3) is 0.412. The van der Waals surface area contributed by atoms with Crippen LogP contribution in [-0.2, 0) is 9.53 Å². The first-order chi connectivity index (χ1) is 11.9. The lowest BCUT2D eigenvalue weighted by molar-refractivity contribution is -0.134. The molecule has 2 heterocycles. The van der Waals surface area contributed by atoms with Gasteiger partial charge in [0.2, 0.25) is 0 Å². The van der Waals surface area contributed by atoms with Crippen LogP contribution in [0.4, 0.5) is 0 Å². The monoisotopic (exact) mass is 364 g/mol. The number of esters is 1. The Morgan fingerprint density at radius 3 is 2.48 bits per heavy atom. The van der Waals surface area contributed by atoms with E-state index in [1.165, 1.54) is 0 Å². The van der Waals surface area contributed by atoms with Crippen molar-refractivity contribution < 1.29 is 14.3 Å². The Morgan fingerprint density at radius 2 is 1.92 bits per heavy atom. The van der Waals surface area contributed by atoms with Gasteiger partial charge in [-0.25, -0.2) is 14.5 Å². The molecule has 0 saturated carbocycles. The molecule has 0 aromatic carbocycles. The van der Waals surface area contributed by atoms with E-state index in [2.05, 4.69) is 10.1 Å². The molecule has 0 unspecified atom stereocenters. The van der Waals surface area contributed by atoms with Gasteiger partial charge < -0.3 is 9.64 Å². The number of ether oxygens (including phenoxy) is 1. The van der Waals surface area contributed by atoms with Gasteiger partial charge in [-0.05, 0) is 45.9 Å². The van der Waals surface area contributed by atoms with Crippen LogP contribution in [0.25, 0.3) is 5.82 Å². The maximum Gasteiger partial charge on any atom is 0.359 e. The van der Waals surface area contributed by atoms with Crippen molar-refractivity contribution in [2.75, 3.05) is 19.7 Å². The smallest absolute Gasteiger partial charge is 0.359 e. The highest BCUT2D eigenvalue weighted by Crippen LogP contribution is 2.18. The summed E-state index contributed by atoms with van der Waals surface area (Å²) in [6, 6.07) is 5.12. The highest BCUT2D eigenvalue weighted by molar-refractivity contribution is 6.33. The standard InChI is InChI=1S/C17H21ClN4O3/c1-5-21(6-2)15(23)10-25-17(24)16-13(18)7-8-14(19-16)22-12(4)9-11(3)20-22/h7-9H,5-6,10H2,1-4H3. The van der Waals surface area contributed by atoms with Crippen molar-refractivity contribution >= 4 is 23.5 Å². The van der Waals surface area contributed by atoms with Crippen molar-refractivity contribution in [3.8, 4) is 5.82 Å². The van der Waals surface area contributed by atoms with Crippen LogP contribution in [0.3, 0.4) is 0 Å². The predicted octanol–water partition coefficient (Wildman–Crippen LogP) is 2.56. The second kappa shape index (κ2) is 8.11. The second-order valence-corrected chi connectivity index (χ2v) is 5.89. The summed E-state index contributed by atoms with van der Waals surface area (Å²) < 4.78 is 6.69. The van der Waals surface area contributed by atoms with Gasteiger partial charge in [-0.3, -0.25) is 4.79 Å². The van der Waals surface area contributed by atoms with Crippen LogP contribution in [0.15, 0.2) is 18.2 Å². The number of likely N-dealkylation sites (N-methyl/N-ethyl adjacent to an activating group) is 1. The number of halogens is 1. The molecule has 0 aliphatic rings. The molecule has 2 rings (SSSR count). The van der Waals surface area contributed by atoms with Crippen molar-refractivity contribution in [1.29, 1.82) is 0 Å². The average molecular weight is 365 g/mol. The van der Waals surface area contributed by atoms with Gasteiger partial charge in [0.15, 0.2) is 18.1 Å². The quantitative estimate of drug-likeness (QED) is 0.736. The second-order valence-electron chi connectivity index (χ2n) is 5.48. The summed E-state index contributed by atoms with van der Waals surface area (Å²) in [7, 11) is 0. The Balaban J connectivity index is 2.18. The lowest BCUT2D eigenvalue weighted by Crippen LogP contribution is -2.34. The van der Waals surface area contributed by atoms with Crippen molar-refractivity contribution in [3.05, 3.63) is 40.3 Å². The Bertz CT molecular complexity index is 784. The summed E-state index contributed by atoms with van der Waals surface area (Å²) in [5.74, 6) is -0.546. The molecular weight excluding hydrogens is 344 g/mol. The third kappa shape index (κ3) is 4.36. The Hall–Kier alpha value is -2.41. The zero-order valence-electron chi connectivity index (χ0n) is 14.7. The largest absolute Gasteiger partial charge is 0.451 e. The molecule has 0 N–H and O–H groups in total. The zero-order valence-corrected chi connectivity index (χ0v) is 15.5. The lowest BCUT2D eigenvalue weighted by Gasteiger charge is -2.18. The fourth-order valence-electron chi connectivity index (χ4n) is 2.42. The average Bonchev–Trinajstić information content (AvgIpc) is 2.92. The van der Waals surface area contributed by atoms with Crippen LogP contribution in [0.5, 0.6) is 0 Å². The molecule has 2 aromatic heterocycles. The van der Waals surface area contributed by atoms with Crippen LogP contribution >= 0.6 is 11.6 Å². The van der Waals surface area contributed by atoms with E-state index >= 15 is 0 Å². The van der Waals surface area contributed by atoms with Crippen LogP contribution in [0, 0.1) is 13.8 Å². The molecule has 0 fully saturated rings. The number of carbonyl (C=O) groups excluding carboxylic acids is 2. The fourth-order valence-corrected chi connectivity index (χ4v) is 2.60. The van der Waals surface area contributed by atoms with Gasteiger partial charge in [-0.2, -0.15) is 5.10 Å². The number of rotatable bonds is 6. The molecular formula is C17H21ClN4O3. The first-order valence-electron chi connectivity index (χ1n) is 8.02. The molecule has 0 spiro atoms. The van der Waals surface area contributed by atoms with Gasteiger partial charge >= 0.3 is 5.97 Å². The van der Waals surface area contributed by atoms with Crippen LogP contribution in [0.2, 0.25) is 5.02 Å². The minimum absolute atomic E-state index is 0.0425. The lowest BCUT2D eigenvalue weighted by atomic mass is 10.3. The van der Waals surface area contributed by atoms with E-state index < -0.39 is 5.97 Å². The van der Waals surface area contributed by atoms with Gasteiger partial charge in [0.05, 0.1) is 10.7 Å². The van der Waals surface area contributed by atoms with E-state index in [0.717, 1.165) is 11.4 Å². The minimum atomic E-state index is -0.742. The summed E-state index contributed by atoms with van der Waals surface area (Å²) in [5.41, 5.74) is 1.67. The number of hydrogen-bond acceptors (Lipinski definition) is 5. The third-order valence-corrected chi connectivity index (χ3v) is 4.00. The summed E-state index contributed by atoms with van der Waals surface area (Å²) >= 11 is 6.07. The van der Waals surface area contributed by atoms with E-state index in [9.17, 15) is 9.59 Å². The van der Waals surface area contributed by atoms with E-state index in [0.29, 0.717) is 18.9 Å². The first-order valence-corrected chi connectivity index (χ1v) is 8.40. The number of pyridine rings is 1. The van der Waals surface area contributed by atoms with Crippen molar-refractivity contribution in [2.24, 2.45) is 0 Å². The Labute approximate surface area is 151 Å². The van der Waals surface area contributed by atoms with Gasteiger partial charge in [-0.1, -0.05) is 11.6 Å². The summed E-state index contributed by atoms with van der Waals surface area (Å²) in [6.07, 6.45) is 0. The SMILES string of the molecule is CCN(CC)C(=O)COC(=O)c1nc(-n2nc(C)cc2C)ccc1Cl. The molecule has 0 aliphatic heterocycles. The van der Waals surface area contributed by atoms with E-state index in [4.69, 9.17) is 16.3 Å². The van der Waals surface area contributed by atoms with Crippen molar-refractivity contribution in [1.82, 2.24) is 19.7 Å². The molecule has 0 saturated heterocycles. The van der Waals surface area contributed by atoms with Crippen molar-refractivity contribution in [3.63, 3.8) is 0 Å². The Morgan fingerprint density at radius 1 is 1.24 bits per heavy atom. The molecule has 0 atom stereocenters. The van der Waals surface area contributed by atoms with Gasteiger partial charge in [-0.15, -0.1) is 0 Å². The molecule has 0 radical (unpaired) electrons. The van der Waals surface area contributed by atoms with E-state index in [-0.39, 0.29) is 23.2 Å². The van der Waals surface area contributed by atoms with Gasteiger partial charge in [0, 0.05) is 18.8 Å². The number of carbonyl (C=O) groups is 2. The summed E-state index contributed by atoms with van der Waals surface area (Å²) in [6.45, 7) is 8.24. The third-order valence-electron chi connectivity index (χ3n) is 3.69. The van der Waals surface area contributed by atoms with Gasteiger partial charge in [0.25, 0.3) is 5.91 Å². The normalized spacial score (nSPS) is 10.6. The highest BCUT2D eigenvalue weighted by atomic mass is 35.5. The number of amides is 1. The highest BCUT2D eigenvalue weighted by Gasteiger charge is 2.19. The number of nitrogens with zero attached hydrogens (tertiary/aromatic N) is 4. The zero-order chi connectivity index (χ0) is 18.6. The summed E-state index contributed by atoms with van der Waals surface area (Å²) in [5, 5.41) is 4.49. The minimum Gasteiger partial charge on any atom is -0.451 e. The van der Waals surface area contributed by atoms with Crippen molar-refractivity contribution in [2.45, 2.75) is 27.7 Å². The maximum absolute atomic E-state index is 12.3. The molecule has 0 bridgehead atoms. The Kier molecular flexibility index (Phi) is 6.14. The summed E-state index contributed by atoms with van der Waals surface area (Å²) in [4.78, 5) is 30.0. The maximum atomic E-state index is 12.3. The molecule has 1 amide bonds. The molecule has 0 aliphatic carbocycles. The van der Waals surface area contributed by atoms with Crippen LogP contribution in [0.1, 0.15) is 35.7 Å². The van der Waals surface area contributed by atoms with Crippen LogP contribution in [-0.4, -0.2) is 51.2 Å². The molecule has 2 aromatic rings. The molecule has 134 valence electrons. The topological polar surface area (TPSA) is 77.3 Å². The first kappa shape index (κ1) is 18.9. The van der Waals surface area contributed by atoms with Gasteiger partial charge in [0.1, 0.15) is 0 Å². The molecule has 7 nitrogen and oxygen atoms in total. The number of hydrogen-bond donors (Lipinski definition) is 0. The number of aryl methyl sites for hydroxylation is 2. The predicted molar refractivity (Wildman–Crippen MR) is 94.1 cm³/mol. The molecule has 25 heavy (non-hydrogen) atoms. The van der Waals surface area contributed by atoms with E-state index in [1.54, 1.807) is 21.7 Å².